The van der Waals surface area contributed by atoms with Gasteiger partial charge in [0.05, 0.1) is 0 Å². The Morgan fingerprint density at radius 1 is 0.714 bits per heavy atom. The fourth-order valence-electron chi connectivity index (χ4n) is 0.650. The molecule has 0 radical (unpaired) electrons. The van der Waals surface area contributed by atoms with Crippen LogP contribution in [-0.4, -0.2) is 37.9 Å². The molecule has 0 amide bonds. The van der Waals surface area contributed by atoms with Gasteiger partial charge in [-0.2, -0.15) is 26.3 Å². The molecule has 0 N–H and O–H groups in total. The number of hydrogen-bond acceptors (Lipinski definition) is 5. The predicted octanol–water partition coefficient (Wildman–Crippen LogP) is 1.89. The summed E-state index contributed by atoms with van der Waals surface area (Å²) in [6.07, 6.45) is 3.50. The molecule has 122 valence electrons. The van der Waals surface area contributed by atoms with Crippen molar-refractivity contribution in [3.63, 3.8) is 0 Å². The Morgan fingerprint density at radius 3 is 1.19 bits per heavy atom. The van der Waals surface area contributed by atoms with Crippen LogP contribution in [0.5, 0.6) is 0 Å². The lowest BCUT2D eigenvalue weighted by Gasteiger charge is -2.10. The minimum absolute atomic E-state index is 1.75. The quantitative estimate of drug-likeness (QED) is 0.754. The Kier molecular flexibility index (Phi) is 6.17. The van der Waals surface area contributed by atoms with Gasteiger partial charge in [0.15, 0.2) is 5.08 Å². The molecular formula is C8H7F6NO4S2. The van der Waals surface area contributed by atoms with Crippen LogP contribution in [0, 0.1) is 0 Å². The van der Waals surface area contributed by atoms with Gasteiger partial charge in [-0.25, -0.2) is 16.8 Å². The molecule has 1 aromatic rings. The molecule has 0 saturated heterocycles. The second-order valence-corrected chi connectivity index (χ2v) is 7.59. The number of nitrogens with zero attached hydrogens (tertiary/aromatic N) is 1. The minimum Gasteiger partial charge on any atom is -0.265 e. The molecule has 0 atom stereocenters. The molecule has 13 heteroatoms. The van der Waals surface area contributed by atoms with Gasteiger partial charge in [-0.3, -0.25) is 4.98 Å². The first-order valence-corrected chi connectivity index (χ1v) is 7.94. The molecule has 0 bridgehead atoms. The number of sulfone groups is 2. The number of pyridine rings is 1. The van der Waals surface area contributed by atoms with Crippen molar-refractivity contribution in [2.24, 2.45) is 0 Å². The second-order valence-electron chi connectivity index (χ2n) is 3.26. The number of aromatic nitrogens is 1. The van der Waals surface area contributed by atoms with Crippen molar-refractivity contribution >= 4 is 19.7 Å². The smallest absolute Gasteiger partial charge is 0.265 e. The van der Waals surface area contributed by atoms with Crippen LogP contribution in [0.4, 0.5) is 26.3 Å². The third kappa shape index (κ3) is 6.29. The van der Waals surface area contributed by atoms with Gasteiger partial charge in [-0.1, -0.05) is 6.07 Å². The third-order valence-corrected chi connectivity index (χ3v) is 5.48. The van der Waals surface area contributed by atoms with E-state index in [2.05, 4.69) is 4.98 Å². The molecule has 0 aliphatic carbocycles. The summed E-state index contributed by atoms with van der Waals surface area (Å²) in [7, 11) is -12.7. The van der Waals surface area contributed by atoms with Crippen LogP contribution in [0.15, 0.2) is 30.6 Å². The topological polar surface area (TPSA) is 81.2 Å². The summed E-state index contributed by atoms with van der Waals surface area (Å²) in [5.74, 6) is 0. The highest BCUT2D eigenvalue weighted by Crippen LogP contribution is 2.30. The van der Waals surface area contributed by atoms with Crippen LogP contribution in [0.25, 0.3) is 0 Å². The van der Waals surface area contributed by atoms with Crippen LogP contribution >= 0.6 is 0 Å². The summed E-state index contributed by atoms with van der Waals surface area (Å²) >= 11 is 0. The fraction of sp³-hybridized carbons (Fsp3) is 0.375. The molecular weight excluding hydrogens is 352 g/mol. The number of hydrogen-bond donors (Lipinski definition) is 0. The fourth-order valence-corrected chi connectivity index (χ4v) is 3.35. The van der Waals surface area contributed by atoms with Crippen LogP contribution < -0.4 is 0 Å². The molecule has 0 fully saturated rings. The number of alkyl halides is 6. The second kappa shape index (κ2) is 6.60. The first-order valence-electron chi connectivity index (χ1n) is 4.64. The van der Waals surface area contributed by atoms with Gasteiger partial charge in [0.25, 0.3) is 19.7 Å². The highest BCUT2D eigenvalue weighted by Gasteiger charge is 2.55. The lowest BCUT2D eigenvalue weighted by Crippen LogP contribution is -2.36. The molecule has 1 aromatic heterocycles. The van der Waals surface area contributed by atoms with Crippen molar-refractivity contribution in [2.45, 2.75) is 11.0 Å². The Balaban J connectivity index is 0.000000547. The standard InChI is InChI=1S/C5H5N.C3H2F6O4S2/c1-2-4-6-5-3-1;4-2(5,6)14(10,11)1-15(12,13)3(7,8)9/h1-5H;1H2. The molecule has 0 aromatic carbocycles. The van der Waals surface area contributed by atoms with Crippen LogP contribution in [0.2, 0.25) is 0 Å². The molecule has 0 aliphatic heterocycles. The zero-order valence-corrected chi connectivity index (χ0v) is 11.4. The summed E-state index contributed by atoms with van der Waals surface area (Å²) < 4.78 is 110. The van der Waals surface area contributed by atoms with Gasteiger partial charge in [0.2, 0.25) is 0 Å². The van der Waals surface area contributed by atoms with Crippen LogP contribution in [0.3, 0.4) is 0 Å². The number of halogens is 6. The lowest BCUT2D eigenvalue weighted by atomic mass is 10.5. The Morgan fingerprint density at radius 2 is 1.05 bits per heavy atom. The predicted molar refractivity (Wildman–Crippen MR) is 59.1 cm³/mol. The van der Waals surface area contributed by atoms with Crippen molar-refractivity contribution < 1.29 is 43.2 Å². The van der Waals surface area contributed by atoms with Crippen molar-refractivity contribution in [3.05, 3.63) is 30.6 Å². The molecule has 5 nitrogen and oxygen atoms in total. The average molecular weight is 359 g/mol. The third-order valence-electron chi connectivity index (χ3n) is 1.58. The Labute approximate surface area is 115 Å². The van der Waals surface area contributed by atoms with Gasteiger partial charge < -0.3 is 0 Å². The van der Waals surface area contributed by atoms with E-state index in [0.717, 1.165) is 0 Å². The molecule has 1 rings (SSSR count). The van der Waals surface area contributed by atoms with Gasteiger partial charge in [0, 0.05) is 12.4 Å². The summed E-state index contributed by atoms with van der Waals surface area (Å²) in [4.78, 5) is 3.78. The van der Waals surface area contributed by atoms with Gasteiger partial charge >= 0.3 is 11.0 Å². The maximum absolute atomic E-state index is 11.5. The van der Waals surface area contributed by atoms with Gasteiger partial charge in [-0.15, -0.1) is 0 Å². The van der Waals surface area contributed by atoms with Crippen molar-refractivity contribution in [3.8, 4) is 0 Å². The van der Waals surface area contributed by atoms with Gasteiger partial charge in [0.1, 0.15) is 0 Å². The lowest BCUT2D eigenvalue weighted by molar-refractivity contribution is -0.0456. The summed E-state index contributed by atoms with van der Waals surface area (Å²) in [6, 6.07) is 5.72. The average Bonchev–Trinajstić information content (AvgIpc) is 2.27. The molecule has 21 heavy (non-hydrogen) atoms. The Bertz CT molecular complexity index is 567. The monoisotopic (exact) mass is 359 g/mol. The van der Waals surface area contributed by atoms with E-state index in [-0.39, 0.29) is 0 Å². The van der Waals surface area contributed by atoms with E-state index in [0.29, 0.717) is 0 Å². The summed E-state index contributed by atoms with van der Waals surface area (Å²) in [6.45, 7) is 0. The molecule has 1 heterocycles. The summed E-state index contributed by atoms with van der Waals surface area (Å²) in [5.41, 5.74) is -12.1. The normalized spacial score (nSPS) is 13.2. The van der Waals surface area contributed by atoms with Crippen molar-refractivity contribution in [1.82, 2.24) is 4.98 Å². The van der Waals surface area contributed by atoms with E-state index in [9.17, 15) is 43.2 Å². The van der Waals surface area contributed by atoms with E-state index >= 15 is 0 Å². The van der Waals surface area contributed by atoms with E-state index in [1.54, 1.807) is 12.4 Å². The minimum atomic E-state index is -6.35. The van der Waals surface area contributed by atoms with E-state index in [1.807, 2.05) is 18.2 Å². The zero-order valence-electron chi connectivity index (χ0n) is 9.76. The Hall–Kier alpha value is -1.37. The maximum atomic E-state index is 11.5. The first kappa shape index (κ1) is 19.6. The zero-order chi connectivity index (χ0) is 16.9. The summed E-state index contributed by atoms with van der Waals surface area (Å²) in [5, 5.41) is -3.03. The van der Waals surface area contributed by atoms with Crippen LogP contribution in [-0.2, 0) is 19.7 Å². The van der Waals surface area contributed by atoms with Crippen LogP contribution in [0.1, 0.15) is 0 Å². The van der Waals surface area contributed by atoms with E-state index in [4.69, 9.17) is 0 Å². The number of rotatable bonds is 2. The van der Waals surface area contributed by atoms with Crippen molar-refractivity contribution in [2.75, 3.05) is 5.08 Å². The highest BCUT2D eigenvalue weighted by atomic mass is 32.3. The molecule has 0 spiro atoms. The first-order chi connectivity index (χ1) is 9.21. The van der Waals surface area contributed by atoms with Crippen molar-refractivity contribution in [1.29, 1.82) is 0 Å². The highest BCUT2D eigenvalue weighted by molar-refractivity contribution is 8.08. The molecule has 0 unspecified atom stereocenters. The van der Waals surface area contributed by atoms with Gasteiger partial charge in [-0.05, 0) is 12.1 Å². The largest absolute Gasteiger partial charge is 0.498 e. The molecule has 0 saturated carbocycles. The SMILES string of the molecule is O=S(=O)(CS(=O)(=O)C(F)(F)F)C(F)(F)F.c1ccncc1. The van der Waals surface area contributed by atoms with E-state index in [1.165, 1.54) is 0 Å². The maximum Gasteiger partial charge on any atom is 0.498 e. The molecule has 0 aliphatic rings. The van der Waals surface area contributed by atoms with E-state index < -0.39 is 35.8 Å².